The molecule has 4 nitrogen and oxygen atoms in total. The van der Waals surface area contributed by atoms with Gasteiger partial charge in [-0.25, -0.2) is 4.79 Å². The lowest BCUT2D eigenvalue weighted by atomic mass is 9.49. The molecule has 0 saturated heterocycles. The van der Waals surface area contributed by atoms with Crippen molar-refractivity contribution in [1.29, 1.82) is 0 Å². The number of urea groups is 1. The fraction of sp³-hybridized carbons (Fsp3) is 0.542. The molecule has 6 rings (SSSR count). The lowest BCUT2D eigenvalue weighted by Gasteiger charge is -2.60. The Hall–Kier alpha value is -2.07. The molecule has 4 saturated carbocycles. The van der Waals surface area contributed by atoms with Gasteiger partial charge in [0, 0.05) is 20.2 Å². The predicted octanol–water partition coefficient (Wildman–Crippen LogP) is 4.48. The van der Waals surface area contributed by atoms with Crippen LogP contribution in [0.3, 0.4) is 0 Å². The molecule has 0 aliphatic heterocycles. The fourth-order valence-corrected chi connectivity index (χ4v) is 6.58. The number of rotatable bonds is 5. The number of hydrogen-bond acceptors (Lipinski definition) is 2. The Morgan fingerprint density at radius 2 is 1.64 bits per heavy atom. The molecule has 0 unspecified atom stereocenters. The van der Waals surface area contributed by atoms with E-state index < -0.39 is 0 Å². The van der Waals surface area contributed by atoms with E-state index in [1.807, 2.05) is 25.3 Å². The Bertz CT molecular complexity index is 845. The molecule has 2 aromatic carbocycles. The molecule has 4 aliphatic rings. The summed E-state index contributed by atoms with van der Waals surface area (Å²) >= 11 is 0. The van der Waals surface area contributed by atoms with Crippen LogP contribution < -0.4 is 10.6 Å². The number of carbonyl (C=O) groups excluding carboxylic acids is 1. The maximum Gasteiger partial charge on any atom is 0.315 e. The molecule has 0 radical (unpaired) electrons. The Balaban J connectivity index is 1.22. The third kappa shape index (κ3) is 2.98. The molecule has 0 atom stereocenters. The van der Waals surface area contributed by atoms with Gasteiger partial charge in [-0.05, 0) is 72.1 Å². The molecular weight excluding hydrogens is 348 g/mol. The van der Waals surface area contributed by atoms with Gasteiger partial charge in [0.1, 0.15) is 0 Å². The quantitative estimate of drug-likeness (QED) is 0.806. The molecule has 2 amide bonds. The normalized spacial score (nSPS) is 33.2. The first-order chi connectivity index (χ1) is 13.7. The predicted molar refractivity (Wildman–Crippen MR) is 111 cm³/mol. The standard InChI is InChI=1S/C24H30N2O2/c1-28-24(20-10-16-9-17(12-20)13-21(24)11-16)15-26-23(27)25-14-19-7-4-6-18-5-2-3-8-22(18)19/h2-8,16-17,20-21H,9-15H2,1H3,(H2,25,26,27). The van der Waals surface area contributed by atoms with Crippen LogP contribution in [0.2, 0.25) is 0 Å². The number of carbonyl (C=O) groups is 1. The van der Waals surface area contributed by atoms with Crippen LogP contribution in [0.5, 0.6) is 0 Å². The fourth-order valence-electron chi connectivity index (χ4n) is 6.58. The summed E-state index contributed by atoms with van der Waals surface area (Å²) < 4.78 is 6.14. The van der Waals surface area contributed by atoms with Crippen molar-refractivity contribution < 1.29 is 9.53 Å². The first-order valence-corrected chi connectivity index (χ1v) is 10.7. The summed E-state index contributed by atoms with van der Waals surface area (Å²) in [4.78, 5) is 12.6. The van der Waals surface area contributed by atoms with Crippen molar-refractivity contribution in [3.8, 4) is 0 Å². The highest BCUT2D eigenvalue weighted by molar-refractivity contribution is 5.86. The second-order valence-electron chi connectivity index (χ2n) is 9.14. The number of methoxy groups -OCH3 is 1. The average molecular weight is 379 g/mol. The summed E-state index contributed by atoms with van der Waals surface area (Å²) in [6.45, 7) is 1.16. The lowest BCUT2D eigenvalue weighted by molar-refractivity contribution is -0.186. The highest BCUT2D eigenvalue weighted by Crippen LogP contribution is 2.59. The van der Waals surface area contributed by atoms with Crippen LogP contribution in [0, 0.1) is 23.7 Å². The van der Waals surface area contributed by atoms with Crippen LogP contribution in [-0.2, 0) is 11.3 Å². The number of amides is 2. The Labute approximate surface area is 167 Å². The molecular formula is C24H30N2O2. The van der Waals surface area contributed by atoms with E-state index in [1.54, 1.807) is 0 Å². The minimum absolute atomic E-state index is 0.0989. The van der Waals surface area contributed by atoms with E-state index in [1.165, 1.54) is 42.9 Å². The third-order valence-electron chi connectivity index (χ3n) is 7.74. The summed E-state index contributed by atoms with van der Waals surface area (Å²) in [5.74, 6) is 3.00. The SMILES string of the molecule is COC1(CNC(=O)NCc2cccc3ccccc23)C2CC3CC(C2)CC1C3. The summed E-state index contributed by atoms with van der Waals surface area (Å²) in [6, 6.07) is 14.4. The van der Waals surface area contributed by atoms with E-state index in [0.29, 0.717) is 24.9 Å². The molecule has 2 N–H and O–H groups in total. The van der Waals surface area contributed by atoms with Crippen LogP contribution >= 0.6 is 0 Å². The van der Waals surface area contributed by atoms with E-state index in [-0.39, 0.29) is 11.6 Å². The molecule has 0 heterocycles. The monoisotopic (exact) mass is 378 g/mol. The van der Waals surface area contributed by atoms with E-state index in [2.05, 4.69) is 34.9 Å². The van der Waals surface area contributed by atoms with Crippen LogP contribution in [0.25, 0.3) is 10.8 Å². The summed E-state index contributed by atoms with van der Waals surface area (Å²) in [5.41, 5.74) is 0.980. The second kappa shape index (κ2) is 7.07. The largest absolute Gasteiger partial charge is 0.376 e. The Kier molecular flexibility index (Phi) is 4.54. The van der Waals surface area contributed by atoms with Crippen molar-refractivity contribution in [2.24, 2.45) is 23.7 Å². The van der Waals surface area contributed by atoms with Gasteiger partial charge < -0.3 is 15.4 Å². The number of hydrogen-bond donors (Lipinski definition) is 2. The first-order valence-electron chi connectivity index (χ1n) is 10.7. The lowest BCUT2D eigenvalue weighted by Crippen LogP contribution is -2.63. The van der Waals surface area contributed by atoms with Crippen LogP contribution in [0.1, 0.15) is 37.7 Å². The maximum absolute atomic E-state index is 12.6. The van der Waals surface area contributed by atoms with Crippen molar-refractivity contribution in [3.63, 3.8) is 0 Å². The summed E-state index contributed by atoms with van der Waals surface area (Å²) in [5, 5.41) is 8.59. The van der Waals surface area contributed by atoms with Crippen molar-refractivity contribution in [3.05, 3.63) is 48.0 Å². The molecule has 0 aromatic heterocycles. The molecule has 2 aromatic rings. The maximum atomic E-state index is 12.6. The zero-order valence-electron chi connectivity index (χ0n) is 16.6. The number of ether oxygens (including phenoxy) is 1. The zero-order chi connectivity index (χ0) is 19.1. The molecule has 4 aliphatic carbocycles. The van der Waals surface area contributed by atoms with Crippen molar-refractivity contribution in [1.82, 2.24) is 10.6 Å². The number of nitrogens with one attached hydrogen (secondary N) is 2. The second-order valence-corrected chi connectivity index (χ2v) is 9.14. The van der Waals surface area contributed by atoms with Crippen LogP contribution in [0.15, 0.2) is 42.5 Å². The smallest absolute Gasteiger partial charge is 0.315 e. The molecule has 148 valence electrons. The number of fused-ring (bicyclic) bond motifs is 1. The zero-order valence-corrected chi connectivity index (χ0v) is 16.6. The summed E-state index contributed by atoms with van der Waals surface area (Å²) in [7, 11) is 1.85. The molecule has 4 heteroatoms. The van der Waals surface area contributed by atoms with E-state index in [9.17, 15) is 4.79 Å². The minimum atomic E-state index is -0.162. The minimum Gasteiger partial charge on any atom is -0.376 e. The van der Waals surface area contributed by atoms with Gasteiger partial charge >= 0.3 is 6.03 Å². The highest BCUT2D eigenvalue weighted by atomic mass is 16.5. The van der Waals surface area contributed by atoms with Crippen molar-refractivity contribution >= 4 is 16.8 Å². The van der Waals surface area contributed by atoms with Crippen molar-refractivity contribution in [2.45, 2.75) is 44.2 Å². The van der Waals surface area contributed by atoms with Crippen LogP contribution in [0.4, 0.5) is 4.79 Å². The van der Waals surface area contributed by atoms with Crippen molar-refractivity contribution in [2.75, 3.05) is 13.7 Å². The van der Waals surface area contributed by atoms with Gasteiger partial charge in [0.15, 0.2) is 0 Å². The molecule has 4 bridgehead atoms. The van der Waals surface area contributed by atoms with Gasteiger partial charge in [-0.1, -0.05) is 42.5 Å². The topological polar surface area (TPSA) is 50.4 Å². The molecule has 4 fully saturated rings. The number of benzene rings is 2. The van der Waals surface area contributed by atoms with Gasteiger partial charge in [-0.15, -0.1) is 0 Å². The van der Waals surface area contributed by atoms with E-state index in [0.717, 1.165) is 17.4 Å². The van der Waals surface area contributed by atoms with Gasteiger partial charge in [0.2, 0.25) is 0 Å². The van der Waals surface area contributed by atoms with Gasteiger partial charge in [0.05, 0.1) is 5.60 Å². The van der Waals surface area contributed by atoms with E-state index in [4.69, 9.17) is 4.74 Å². The summed E-state index contributed by atoms with van der Waals surface area (Å²) in [6.07, 6.45) is 6.53. The van der Waals surface area contributed by atoms with E-state index >= 15 is 0 Å². The van der Waals surface area contributed by atoms with Gasteiger partial charge in [-0.2, -0.15) is 0 Å². The van der Waals surface area contributed by atoms with Crippen LogP contribution in [-0.4, -0.2) is 25.3 Å². The average Bonchev–Trinajstić information content (AvgIpc) is 2.72. The van der Waals surface area contributed by atoms with Gasteiger partial charge in [0.25, 0.3) is 0 Å². The molecule has 0 spiro atoms. The highest BCUT2D eigenvalue weighted by Gasteiger charge is 2.57. The molecule has 28 heavy (non-hydrogen) atoms. The first kappa shape index (κ1) is 18.0. The third-order valence-corrected chi connectivity index (χ3v) is 7.74. The van der Waals surface area contributed by atoms with Gasteiger partial charge in [-0.3, -0.25) is 0 Å². The Morgan fingerprint density at radius 1 is 0.964 bits per heavy atom. The Morgan fingerprint density at radius 3 is 2.36 bits per heavy atom.